The van der Waals surface area contributed by atoms with Crippen LogP contribution in [0.15, 0.2) is 12.8 Å². The zero-order chi connectivity index (χ0) is 17.9. The van der Waals surface area contributed by atoms with E-state index in [0.717, 1.165) is 12.5 Å². The van der Waals surface area contributed by atoms with Gasteiger partial charge in [-0.25, -0.2) is 0 Å². The summed E-state index contributed by atoms with van der Waals surface area (Å²) in [4.78, 5) is 0. The highest BCUT2D eigenvalue weighted by Gasteiger charge is 2.42. The van der Waals surface area contributed by atoms with Gasteiger partial charge in [-0.3, -0.25) is 0 Å². The fraction of sp³-hybridized carbons (Fsp3) is 0.857. The third-order valence-electron chi connectivity index (χ3n) is 2.49. The summed E-state index contributed by atoms with van der Waals surface area (Å²) in [5.74, 6) is 0. The topological polar surface area (TPSA) is 36.9 Å². The molecular formula is C14H38O4Si4. The molecule has 0 rings (SSSR count). The van der Waals surface area contributed by atoms with Crippen molar-refractivity contribution in [2.45, 2.75) is 72.1 Å². The van der Waals surface area contributed by atoms with Crippen LogP contribution in [0, 0.1) is 0 Å². The summed E-state index contributed by atoms with van der Waals surface area (Å²) >= 11 is 0. The Bertz CT molecular complexity index is 295. The summed E-state index contributed by atoms with van der Waals surface area (Å²) in [6, 6.07) is 0.941. The van der Waals surface area contributed by atoms with Crippen molar-refractivity contribution in [2.24, 2.45) is 0 Å². The van der Waals surface area contributed by atoms with Crippen LogP contribution in [0.25, 0.3) is 0 Å². The van der Waals surface area contributed by atoms with E-state index in [0.29, 0.717) is 6.61 Å². The van der Waals surface area contributed by atoms with E-state index in [2.05, 4.69) is 52.4 Å². The Morgan fingerprint density at radius 1 is 1.00 bits per heavy atom. The van der Waals surface area contributed by atoms with Crippen LogP contribution >= 0.6 is 0 Å². The van der Waals surface area contributed by atoms with Gasteiger partial charge in [-0.1, -0.05) is 27.0 Å². The molecule has 0 aliphatic heterocycles. The first-order chi connectivity index (χ1) is 10.0. The van der Waals surface area contributed by atoms with Gasteiger partial charge in [0.15, 0.2) is 8.32 Å². The average molecular weight is 383 g/mol. The van der Waals surface area contributed by atoms with Gasteiger partial charge in [-0.05, 0) is 51.7 Å². The van der Waals surface area contributed by atoms with Crippen molar-refractivity contribution in [3.8, 4) is 0 Å². The maximum Gasteiger partial charge on any atom is 0.315 e. The van der Waals surface area contributed by atoms with Gasteiger partial charge in [0.2, 0.25) is 0 Å². The first kappa shape index (κ1) is 24.5. The van der Waals surface area contributed by atoms with E-state index in [1.807, 2.05) is 13.8 Å². The van der Waals surface area contributed by atoms with E-state index in [9.17, 15) is 0 Å². The van der Waals surface area contributed by atoms with Crippen LogP contribution in [0.5, 0.6) is 0 Å². The van der Waals surface area contributed by atoms with Gasteiger partial charge in [0, 0.05) is 0 Å². The quantitative estimate of drug-likeness (QED) is 0.302. The second-order valence-electron chi connectivity index (χ2n) is 6.42. The molecule has 0 amide bonds. The van der Waals surface area contributed by atoms with Crippen LogP contribution < -0.4 is 0 Å². The van der Waals surface area contributed by atoms with Gasteiger partial charge in [0.1, 0.15) is 9.76 Å². The minimum absolute atomic E-state index is 0.451. The maximum atomic E-state index is 6.44. The van der Waals surface area contributed by atoms with Crippen LogP contribution in [0.1, 0.15) is 20.3 Å². The summed E-state index contributed by atoms with van der Waals surface area (Å²) in [6.45, 7) is 23.5. The minimum Gasteiger partial charge on any atom is -0.502 e. The largest absolute Gasteiger partial charge is 0.502 e. The standard InChI is InChI=1S/C12H32O4Si4.C2H6/c1-9-13-11-10-12-20(8,15-18(3,4)5)16-19(6,7)14-17-2;1-2/h9H,1,10-12,17H2,2-8H3;1-2H3. The summed E-state index contributed by atoms with van der Waals surface area (Å²) in [5.41, 5.74) is 0. The van der Waals surface area contributed by atoms with Gasteiger partial charge in [-0.15, -0.1) is 0 Å². The molecule has 4 nitrogen and oxygen atoms in total. The summed E-state index contributed by atoms with van der Waals surface area (Å²) < 4.78 is 24.0. The molecule has 0 spiro atoms. The lowest BCUT2D eigenvalue weighted by molar-refractivity contribution is 0.244. The molecule has 1 atom stereocenters. The van der Waals surface area contributed by atoms with Gasteiger partial charge in [-0.2, -0.15) is 0 Å². The predicted molar refractivity (Wildman–Crippen MR) is 107 cm³/mol. The molecule has 0 N–H and O–H groups in total. The highest BCUT2D eigenvalue weighted by molar-refractivity contribution is 6.87. The summed E-state index contributed by atoms with van der Waals surface area (Å²) in [5, 5.41) is 0. The molecule has 0 aromatic heterocycles. The maximum absolute atomic E-state index is 6.44. The molecule has 0 aromatic rings. The van der Waals surface area contributed by atoms with Crippen LogP contribution in [0.4, 0.5) is 0 Å². The fourth-order valence-corrected chi connectivity index (χ4v) is 17.3. The van der Waals surface area contributed by atoms with Gasteiger partial charge in [0.05, 0.1) is 12.9 Å². The first-order valence-electron chi connectivity index (χ1n) is 8.30. The zero-order valence-corrected chi connectivity index (χ0v) is 20.7. The van der Waals surface area contributed by atoms with E-state index in [4.69, 9.17) is 17.1 Å². The first-order valence-corrected chi connectivity index (χ1v) is 19.0. The molecule has 0 fully saturated rings. The van der Waals surface area contributed by atoms with E-state index < -0.39 is 35.2 Å². The van der Waals surface area contributed by atoms with Gasteiger partial charge in [0.25, 0.3) is 0 Å². The van der Waals surface area contributed by atoms with E-state index in [1.165, 1.54) is 6.26 Å². The molecule has 0 heterocycles. The SMILES string of the molecule is C=COCCC[Si](C)(O[Si](C)(C)C)O[Si](C)(C)O[SiH2]C.CC. The Balaban J connectivity index is 0. The van der Waals surface area contributed by atoms with Crippen molar-refractivity contribution in [1.82, 2.24) is 0 Å². The van der Waals surface area contributed by atoms with E-state index in [1.54, 1.807) is 0 Å². The molecule has 0 saturated carbocycles. The molecule has 0 aliphatic carbocycles. The second-order valence-corrected chi connectivity index (χ2v) is 19.6. The lowest BCUT2D eigenvalue weighted by atomic mass is 10.5. The number of hydrogen-bond donors (Lipinski definition) is 0. The molecule has 1 unspecified atom stereocenters. The monoisotopic (exact) mass is 382 g/mol. The van der Waals surface area contributed by atoms with Crippen molar-refractivity contribution >= 4 is 35.2 Å². The molecule has 0 aliphatic rings. The normalized spacial score (nSPS) is 15.1. The van der Waals surface area contributed by atoms with Gasteiger partial charge < -0.3 is 17.1 Å². The Morgan fingerprint density at radius 3 is 1.95 bits per heavy atom. The smallest absolute Gasteiger partial charge is 0.315 e. The van der Waals surface area contributed by atoms with Crippen LogP contribution in [0.2, 0.25) is 51.9 Å². The molecule has 0 radical (unpaired) electrons. The lowest BCUT2D eigenvalue weighted by Gasteiger charge is -2.39. The highest BCUT2D eigenvalue weighted by atomic mass is 28.5. The Labute approximate surface area is 144 Å². The van der Waals surface area contributed by atoms with E-state index >= 15 is 0 Å². The number of hydrogen-bond acceptors (Lipinski definition) is 4. The third kappa shape index (κ3) is 13.9. The summed E-state index contributed by atoms with van der Waals surface area (Å²) in [6.07, 6.45) is 2.43. The Morgan fingerprint density at radius 2 is 1.55 bits per heavy atom. The Hall–Kier alpha value is 0.288. The minimum atomic E-state index is -2.20. The third-order valence-corrected chi connectivity index (χ3v) is 15.6. The average Bonchev–Trinajstić information content (AvgIpc) is 2.34. The zero-order valence-electron chi connectivity index (χ0n) is 16.2. The van der Waals surface area contributed by atoms with Crippen molar-refractivity contribution in [3.05, 3.63) is 12.8 Å². The predicted octanol–water partition coefficient (Wildman–Crippen LogP) is 4.35. The number of rotatable bonds is 11. The molecular weight excluding hydrogens is 344 g/mol. The van der Waals surface area contributed by atoms with Crippen LogP contribution in [0.3, 0.4) is 0 Å². The Kier molecular flexibility index (Phi) is 13.1. The molecule has 22 heavy (non-hydrogen) atoms. The van der Waals surface area contributed by atoms with Crippen molar-refractivity contribution in [1.29, 1.82) is 0 Å². The highest BCUT2D eigenvalue weighted by Crippen LogP contribution is 2.25. The van der Waals surface area contributed by atoms with Crippen molar-refractivity contribution < 1.29 is 17.1 Å². The van der Waals surface area contributed by atoms with Crippen LogP contribution in [-0.2, 0) is 17.1 Å². The lowest BCUT2D eigenvalue weighted by Crippen LogP contribution is -2.54. The molecule has 0 bridgehead atoms. The fourth-order valence-electron chi connectivity index (χ4n) is 2.23. The van der Waals surface area contributed by atoms with E-state index in [-0.39, 0.29) is 0 Å². The summed E-state index contributed by atoms with van der Waals surface area (Å²) in [7, 11) is -6.33. The van der Waals surface area contributed by atoms with Crippen molar-refractivity contribution in [3.63, 3.8) is 0 Å². The molecule has 0 aromatic carbocycles. The van der Waals surface area contributed by atoms with Crippen LogP contribution in [-0.4, -0.2) is 41.8 Å². The second kappa shape index (κ2) is 11.8. The van der Waals surface area contributed by atoms with Crippen molar-refractivity contribution in [2.75, 3.05) is 6.61 Å². The van der Waals surface area contributed by atoms with Gasteiger partial charge >= 0.3 is 17.1 Å². The molecule has 0 saturated heterocycles. The molecule has 134 valence electrons. The molecule has 8 heteroatoms. The number of ether oxygens (including phenoxy) is 1.